The van der Waals surface area contributed by atoms with Crippen molar-refractivity contribution in [3.8, 4) is 0 Å². The SMILES string of the molecule is CCC(N)Cc1cc(F)ccc1N(CC(F)(F)F)C(C)C. The highest BCUT2D eigenvalue weighted by Gasteiger charge is 2.32. The fourth-order valence-electron chi connectivity index (χ4n) is 2.16. The Hall–Kier alpha value is -1.30. The lowest BCUT2D eigenvalue weighted by molar-refractivity contribution is -0.120. The van der Waals surface area contributed by atoms with E-state index < -0.39 is 18.5 Å². The highest BCUT2D eigenvalue weighted by molar-refractivity contribution is 5.55. The summed E-state index contributed by atoms with van der Waals surface area (Å²) in [6.45, 7) is 4.18. The highest BCUT2D eigenvalue weighted by Crippen LogP contribution is 2.28. The summed E-state index contributed by atoms with van der Waals surface area (Å²) in [6.07, 6.45) is -3.29. The van der Waals surface area contributed by atoms with E-state index in [4.69, 9.17) is 5.73 Å². The Morgan fingerprint density at radius 2 is 1.86 bits per heavy atom. The maximum Gasteiger partial charge on any atom is 0.405 e. The van der Waals surface area contributed by atoms with Gasteiger partial charge in [0.05, 0.1) is 0 Å². The lowest BCUT2D eigenvalue weighted by Gasteiger charge is -2.32. The van der Waals surface area contributed by atoms with Gasteiger partial charge in [-0.05, 0) is 50.5 Å². The first-order valence-electron chi connectivity index (χ1n) is 7.01. The Balaban J connectivity index is 3.17. The normalized spacial score (nSPS) is 13.6. The third kappa shape index (κ3) is 5.53. The van der Waals surface area contributed by atoms with Gasteiger partial charge in [0.25, 0.3) is 0 Å². The first-order valence-corrected chi connectivity index (χ1v) is 7.01. The van der Waals surface area contributed by atoms with Gasteiger partial charge in [0.2, 0.25) is 0 Å². The summed E-state index contributed by atoms with van der Waals surface area (Å²) in [6, 6.07) is 3.30. The first kappa shape index (κ1) is 17.8. The smallest absolute Gasteiger partial charge is 0.360 e. The standard InChI is InChI=1S/C15H22F4N2/c1-4-13(20)8-11-7-12(16)5-6-14(11)21(10(2)3)9-15(17,18)19/h5-7,10,13H,4,8-9,20H2,1-3H3. The molecule has 0 radical (unpaired) electrons. The quantitative estimate of drug-likeness (QED) is 0.808. The zero-order valence-electron chi connectivity index (χ0n) is 12.5. The second-order valence-electron chi connectivity index (χ2n) is 5.48. The molecule has 0 aliphatic rings. The van der Waals surface area contributed by atoms with Crippen molar-refractivity contribution in [1.29, 1.82) is 0 Å². The Bertz CT molecular complexity index is 457. The molecule has 21 heavy (non-hydrogen) atoms. The van der Waals surface area contributed by atoms with Crippen LogP contribution < -0.4 is 10.6 Å². The second-order valence-corrected chi connectivity index (χ2v) is 5.48. The minimum Gasteiger partial charge on any atom is -0.360 e. The van der Waals surface area contributed by atoms with Gasteiger partial charge in [-0.2, -0.15) is 13.2 Å². The fraction of sp³-hybridized carbons (Fsp3) is 0.600. The Labute approximate surface area is 122 Å². The average Bonchev–Trinajstić information content (AvgIpc) is 2.35. The molecule has 6 heteroatoms. The van der Waals surface area contributed by atoms with Crippen LogP contribution in [0.25, 0.3) is 0 Å². The number of rotatable bonds is 6. The summed E-state index contributed by atoms with van der Waals surface area (Å²) >= 11 is 0. The Kier molecular flexibility index (Phi) is 6.01. The third-order valence-corrected chi connectivity index (χ3v) is 3.33. The number of halogens is 4. The molecule has 0 aromatic heterocycles. The molecular formula is C15H22F4N2. The van der Waals surface area contributed by atoms with Gasteiger partial charge in [-0.15, -0.1) is 0 Å². The molecule has 0 saturated heterocycles. The van der Waals surface area contributed by atoms with E-state index >= 15 is 0 Å². The molecular weight excluding hydrogens is 284 g/mol. The molecule has 0 fully saturated rings. The molecule has 0 aliphatic heterocycles. The van der Waals surface area contributed by atoms with Crippen LogP contribution in [0.4, 0.5) is 23.2 Å². The van der Waals surface area contributed by atoms with E-state index in [0.29, 0.717) is 24.1 Å². The zero-order chi connectivity index (χ0) is 16.2. The number of alkyl halides is 3. The van der Waals surface area contributed by atoms with Crippen LogP contribution >= 0.6 is 0 Å². The molecule has 1 aromatic rings. The molecule has 1 aromatic carbocycles. The monoisotopic (exact) mass is 306 g/mol. The predicted molar refractivity (Wildman–Crippen MR) is 76.9 cm³/mol. The van der Waals surface area contributed by atoms with E-state index in [1.54, 1.807) is 13.8 Å². The van der Waals surface area contributed by atoms with E-state index in [2.05, 4.69) is 0 Å². The lowest BCUT2D eigenvalue weighted by Crippen LogP contribution is -2.40. The van der Waals surface area contributed by atoms with Gasteiger partial charge in [0.1, 0.15) is 12.4 Å². The molecule has 2 N–H and O–H groups in total. The molecule has 2 nitrogen and oxygen atoms in total. The molecule has 0 heterocycles. The highest BCUT2D eigenvalue weighted by atomic mass is 19.4. The Morgan fingerprint density at radius 1 is 1.24 bits per heavy atom. The maximum absolute atomic E-state index is 13.4. The maximum atomic E-state index is 13.4. The molecule has 0 spiro atoms. The van der Waals surface area contributed by atoms with Gasteiger partial charge in [0, 0.05) is 17.8 Å². The van der Waals surface area contributed by atoms with Crippen LogP contribution in [0.2, 0.25) is 0 Å². The van der Waals surface area contributed by atoms with E-state index in [9.17, 15) is 17.6 Å². The molecule has 1 rings (SSSR count). The molecule has 1 unspecified atom stereocenters. The van der Waals surface area contributed by atoms with Crippen molar-refractivity contribution in [2.45, 2.75) is 51.9 Å². The first-order chi connectivity index (χ1) is 9.64. The molecule has 0 bridgehead atoms. The van der Waals surface area contributed by atoms with Crippen LogP contribution in [0, 0.1) is 5.82 Å². The van der Waals surface area contributed by atoms with Gasteiger partial charge in [-0.25, -0.2) is 4.39 Å². The minimum absolute atomic E-state index is 0.203. The van der Waals surface area contributed by atoms with Crippen molar-refractivity contribution in [3.05, 3.63) is 29.6 Å². The summed E-state index contributed by atoms with van der Waals surface area (Å²) in [4.78, 5) is 1.23. The minimum atomic E-state index is -4.32. The summed E-state index contributed by atoms with van der Waals surface area (Å²) in [5.41, 5.74) is 6.78. The number of hydrogen-bond donors (Lipinski definition) is 1. The summed E-state index contributed by atoms with van der Waals surface area (Å²) in [5, 5.41) is 0. The molecule has 120 valence electrons. The van der Waals surface area contributed by atoms with E-state index in [1.807, 2.05) is 6.92 Å². The number of anilines is 1. The van der Waals surface area contributed by atoms with Crippen LogP contribution in [0.15, 0.2) is 18.2 Å². The van der Waals surface area contributed by atoms with Gasteiger partial charge in [-0.1, -0.05) is 6.92 Å². The topological polar surface area (TPSA) is 29.3 Å². The second kappa shape index (κ2) is 7.11. The van der Waals surface area contributed by atoms with Crippen LogP contribution in [0.5, 0.6) is 0 Å². The van der Waals surface area contributed by atoms with Gasteiger partial charge >= 0.3 is 6.18 Å². The summed E-state index contributed by atoms with van der Waals surface area (Å²) in [5.74, 6) is -0.465. The van der Waals surface area contributed by atoms with Crippen molar-refractivity contribution < 1.29 is 17.6 Å². The van der Waals surface area contributed by atoms with E-state index in [0.717, 1.165) is 0 Å². The predicted octanol–water partition coefficient (Wildman–Crippen LogP) is 3.88. The average molecular weight is 306 g/mol. The van der Waals surface area contributed by atoms with Gasteiger partial charge < -0.3 is 10.6 Å². The fourth-order valence-corrected chi connectivity index (χ4v) is 2.16. The number of benzene rings is 1. The summed E-state index contributed by atoms with van der Waals surface area (Å²) < 4.78 is 51.7. The molecule has 1 atom stereocenters. The number of nitrogens with zero attached hydrogens (tertiary/aromatic N) is 1. The van der Waals surface area contributed by atoms with Crippen LogP contribution in [0.1, 0.15) is 32.8 Å². The van der Waals surface area contributed by atoms with Crippen molar-refractivity contribution in [2.75, 3.05) is 11.4 Å². The molecule has 0 saturated carbocycles. The largest absolute Gasteiger partial charge is 0.405 e. The van der Waals surface area contributed by atoms with E-state index in [-0.39, 0.29) is 12.1 Å². The van der Waals surface area contributed by atoms with Crippen molar-refractivity contribution in [3.63, 3.8) is 0 Å². The van der Waals surface area contributed by atoms with Crippen LogP contribution in [-0.4, -0.2) is 24.8 Å². The van der Waals surface area contributed by atoms with E-state index in [1.165, 1.54) is 23.1 Å². The van der Waals surface area contributed by atoms with Crippen molar-refractivity contribution >= 4 is 5.69 Å². The third-order valence-electron chi connectivity index (χ3n) is 3.33. The van der Waals surface area contributed by atoms with Gasteiger partial charge in [-0.3, -0.25) is 0 Å². The van der Waals surface area contributed by atoms with Crippen LogP contribution in [-0.2, 0) is 6.42 Å². The Morgan fingerprint density at radius 3 is 2.33 bits per heavy atom. The number of nitrogens with two attached hydrogens (primary N) is 1. The number of hydrogen-bond acceptors (Lipinski definition) is 2. The molecule has 0 aliphatic carbocycles. The van der Waals surface area contributed by atoms with Crippen LogP contribution in [0.3, 0.4) is 0 Å². The lowest BCUT2D eigenvalue weighted by atomic mass is 10.0. The zero-order valence-corrected chi connectivity index (χ0v) is 12.5. The van der Waals surface area contributed by atoms with Gasteiger partial charge in [0.15, 0.2) is 0 Å². The van der Waals surface area contributed by atoms with Crippen molar-refractivity contribution in [1.82, 2.24) is 0 Å². The van der Waals surface area contributed by atoms with Crippen molar-refractivity contribution in [2.24, 2.45) is 5.73 Å². The molecule has 0 amide bonds. The summed E-state index contributed by atoms with van der Waals surface area (Å²) in [7, 11) is 0.